The topological polar surface area (TPSA) is 111 Å². The maximum Gasteiger partial charge on any atom is 0.472 e. The predicted octanol–water partition coefficient (Wildman–Crippen LogP) is 19.8. The maximum absolute atomic E-state index is 13.5. The van der Waals surface area contributed by atoms with Crippen LogP contribution in [0.3, 0.4) is 0 Å². The second kappa shape index (κ2) is 56.5. The van der Waals surface area contributed by atoms with Gasteiger partial charge in [-0.15, -0.1) is 0 Å². The van der Waals surface area contributed by atoms with Crippen molar-refractivity contribution in [3.8, 4) is 0 Å². The molecule has 0 aromatic rings. The summed E-state index contributed by atoms with van der Waals surface area (Å²) in [6.07, 6.45) is 74.4. The summed E-state index contributed by atoms with van der Waals surface area (Å²) >= 11 is 0. The lowest BCUT2D eigenvalue weighted by molar-refractivity contribution is -0.870. The van der Waals surface area contributed by atoms with Crippen LogP contribution in [0.15, 0.2) is 85.1 Å². The van der Waals surface area contributed by atoms with Crippen molar-refractivity contribution >= 4 is 19.7 Å². The van der Waals surface area contributed by atoms with Crippen molar-refractivity contribution in [2.75, 3.05) is 40.9 Å². The fourth-order valence-electron chi connectivity index (χ4n) is 8.95. The largest absolute Gasteiger partial charge is 0.472 e. The molecule has 0 aromatic carbocycles. The Labute approximate surface area is 476 Å². The first kappa shape index (κ1) is 74.2. The van der Waals surface area contributed by atoms with E-state index in [1.54, 1.807) is 0 Å². The number of carbonyl (C=O) groups excluding carboxylic acids is 2. The minimum Gasteiger partial charge on any atom is -0.456 e. The highest BCUT2D eigenvalue weighted by Gasteiger charge is 2.30. The first-order valence-corrected chi connectivity index (χ1v) is 33.4. The molecule has 0 aliphatic heterocycles. The normalized spacial score (nSPS) is 14.2. The van der Waals surface area contributed by atoms with Gasteiger partial charge in [0, 0.05) is 12.8 Å². The molecular weight excluding hydrogens is 976 g/mol. The van der Waals surface area contributed by atoms with Gasteiger partial charge in [0.25, 0.3) is 0 Å². The molecule has 3 unspecified atom stereocenters. The van der Waals surface area contributed by atoms with Crippen molar-refractivity contribution in [2.45, 2.75) is 290 Å². The molecule has 0 fully saturated rings. The van der Waals surface area contributed by atoms with Crippen molar-refractivity contribution in [2.24, 2.45) is 0 Å². The van der Waals surface area contributed by atoms with E-state index < -0.39 is 20.0 Å². The van der Waals surface area contributed by atoms with Crippen LogP contribution in [0.25, 0.3) is 0 Å². The summed E-state index contributed by atoms with van der Waals surface area (Å²) in [4.78, 5) is 37.7. The second-order valence-corrected chi connectivity index (χ2v) is 24.1. The van der Waals surface area contributed by atoms with Crippen LogP contribution in [-0.4, -0.2) is 74.3 Å². The number of quaternary nitrogens is 1. The third kappa shape index (κ3) is 57.7. The van der Waals surface area contributed by atoms with Crippen LogP contribution in [0.5, 0.6) is 0 Å². The van der Waals surface area contributed by atoms with Gasteiger partial charge < -0.3 is 19.4 Å². The summed E-state index contributed by atoms with van der Waals surface area (Å²) in [5, 5.41) is 3.05. The summed E-state index contributed by atoms with van der Waals surface area (Å²) < 4.78 is 30.7. The van der Waals surface area contributed by atoms with Crippen LogP contribution in [0.4, 0.5) is 0 Å². The molecule has 0 spiro atoms. The van der Waals surface area contributed by atoms with Gasteiger partial charge in [0.15, 0.2) is 0 Å². The molecule has 0 rings (SSSR count). The Morgan fingerprint density at radius 3 is 1.38 bits per heavy atom. The number of rotatable bonds is 57. The zero-order chi connectivity index (χ0) is 56.4. The standard InChI is InChI=1S/C67H121N2O7P/c1-7-10-13-16-19-22-25-27-29-30-31-32-33-34-35-36-37-38-40-42-45-48-51-54-57-60-67(71)76-65(58-55-52-49-46-43-24-21-18-15-12-9-3)64(63-75-77(72,73)74-62-61-69(4,5)6)68-66(70)59-56-53-50-47-44-41-39-28-26-23-20-17-14-11-8-2/h11,14,17,19-20,22-23,26-27,29,31-32,55,58,64-65H,7-10,12-13,15-16,18,21,24-25,28,30,33-54,56-57,59-63H2,1-6H3,(H-,68,70,72,73)/p+1/b14-11+,20-17+,22-19-,26-23+,29-27-,32-31-,58-55-. The van der Waals surface area contributed by atoms with Gasteiger partial charge in [0.2, 0.25) is 5.91 Å². The molecule has 0 bridgehead atoms. The van der Waals surface area contributed by atoms with Gasteiger partial charge in [0.05, 0.1) is 33.8 Å². The maximum atomic E-state index is 13.5. The summed E-state index contributed by atoms with van der Waals surface area (Å²) in [6.45, 7) is 6.85. The van der Waals surface area contributed by atoms with Gasteiger partial charge in [-0.25, -0.2) is 4.57 Å². The molecule has 0 aliphatic rings. The Morgan fingerprint density at radius 1 is 0.481 bits per heavy atom. The van der Waals surface area contributed by atoms with Crippen molar-refractivity contribution in [3.05, 3.63) is 85.1 Å². The highest BCUT2D eigenvalue weighted by Crippen LogP contribution is 2.43. The van der Waals surface area contributed by atoms with Gasteiger partial charge in [-0.2, -0.15) is 0 Å². The Hall–Kier alpha value is -2.81. The molecule has 77 heavy (non-hydrogen) atoms. The zero-order valence-corrected chi connectivity index (χ0v) is 51.8. The quantitative estimate of drug-likeness (QED) is 0.0156. The van der Waals surface area contributed by atoms with Crippen LogP contribution in [0.2, 0.25) is 0 Å². The lowest BCUT2D eigenvalue weighted by atomic mass is 10.0. The number of nitrogens with zero attached hydrogens (tertiary/aromatic N) is 1. The van der Waals surface area contributed by atoms with Gasteiger partial charge in [-0.3, -0.25) is 18.6 Å². The molecule has 0 aliphatic carbocycles. The highest BCUT2D eigenvalue weighted by molar-refractivity contribution is 7.47. The van der Waals surface area contributed by atoms with Gasteiger partial charge >= 0.3 is 13.8 Å². The molecule has 446 valence electrons. The van der Waals surface area contributed by atoms with E-state index in [1.165, 1.54) is 154 Å². The fourth-order valence-corrected chi connectivity index (χ4v) is 9.68. The molecule has 9 nitrogen and oxygen atoms in total. The number of likely N-dealkylation sites (N-methyl/N-ethyl adjacent to an activating group) is 1. The second-order valence-electron chi connectivity index (χ2n) is 22.6. The number of ether oxygens (including phenoxy) is 1. The van der Waals surface area contributed by atoms with Crippen molar-refractivity contribution in [1.29, 1.82) is 0 Å². The third-order valence-corrected chi connectivity index (χ3v) is 14.9. The lowest BCUT2D eigenvalue weighted by Gasteiger charge is -2.27. The molecule has 2 N–H and O–H groups in total. The van der Waals surface area contributed by atoms with Crippen molar-refractivity contribution in [1.82, 2.24) is 5.32 Å². The van der Waals surface area contributed by atoms with Gasteiger partial charge in [0.1, 0.15) is 19.3 Å². The monoisotopic (exact) mass is 1100 g/mol. The Balaban J connectivity index is 5.10. The average molecular weight is 1100 g/mol. The number of phosphoric ester groups is 1. The molecule has 0 aromatic heterocycles. The van der Waals surface area contributed by atoms with E-state index in [4.69, 9.17) is 13.8 Å². The molecule has 1 amide bonds. The number of unbranched alkanes of at least 4 members (excludes halogenated alkanes) is 31. The molecule has 10 heteroatoms. The van der Waals surface area contributed by atoms with E-state index in [9.17, 15) is 19.0 Å². The molecule has 0 saturated carbocycles. The number of nitrogens with one attached hydrogen (secondary N) is 1. The van der Waals surface area contributed by atoms with Crippen LogP contribution in [-0.2, 0) is 27.9 Å². The minimum absolute atomic E-state index is 0.0344. The molecule has 0 heterocycles. The zero-order valence-electron chi connectivity index (χ0n) is 50.9. The highest BCUT2D eigenvalue weighted by atomic mass is 31.2. The summed E-state index contributed by atoms with van der Waals surface area (Å²) in [6, 6.07) is -0.858. The van der Waals surface area contributed by atoms with E-state index in [1.807, 2.05) is 33.3 Å². The van der Waals surface area contributed by atoms with Crippen molar-refractivity contribution in [3.63, 3.8) is 0 Å². The number of esters is 1. The minimum atomic E-state index is -4.45. The van der Waals surface area contributed by atoms with E-state index in [0.717, 1.165) is 89.9 Å². The Bertz CT molecular complexity index is 1590. The van der Waals surface area contributed by atoms with E-state index in [-0.39, 0.29) is 31.5 Å². The number of amides is 1. The van der Waals surface area contributed by atoms with E-state index >= 15 is 0 Å². The Morgan fingerprint density at radius 2 is 0.883 bits per heavy atom. The molecular formula is C67H122N2O7P+. The SMILES string of the molecule is CC/C=C/C=C/C=C/CCCCCCCCCC(=O)NC(COP(=O)(O)OCC[N+](C)(C)C)C(/C=C\CCCCCCCCCCC)OC(=O)CCCCCCCCCCCCCC/C=C\C/C=C\C/C=C\CCCCC. The van der Waals surface area contributed by atoms with E-state index in [2.05, 4.69) is 99.0 Å². The summed E-state index contributed by atoms with van der Waals surface area (Å²) in [7, 11) is 1.48. The number of hydrogen-bond donors (Lipinski definition) is 2. The summed E-state index contributed by atoms with van der Waals surface area (Å²) in [5.74, 6) is -0.521. The molecule has 0 saturated heterocycles. The number of allylic oxidation sites excluding steroid dienone is 13. The van der Waals surface area contributed by atoms with Gasteiger partial charge in [-0.1, -0.05) is 260 Å². The molecule has 0 radical (unpaired) electrons. The van der Waals surface area contributed by atoms with Crippen LogP contribution >= 0.6 is 7.82 Å². The smallest absolute Gasteiger partial charge is 0.456 e. The predicted molar refractivity (Wildman–Crippen MR) is 332 cm³/mol. The number of phosphoric acid groups is 1. The molecule has 3 atom stereocenters. The van der Waals surface area contributed by atoms with Gasteiger partial charge in [-0.05, 0) is 89.5 Å². The summed E-state index contributed by atoms with van der Waals surface area (Å²) in [5.41, 5.74) is 0. The average Bonchev–Trinajstić information content (AvgIpc) is 3.39. The first-order chi connectivity index (χ1) is 37.4. The van der Waals surface area contributed by atoms with Crippen molar-refractivity contribution < 1.29 is 37.3 Å². The number of hydrogen-bond acceptors (Lipinski definition) is 6. The third-order valence-electron chi connectivity index (χ3n) is 13.9. The lowest BCUT2D eigenvalue weighted by Crippen LogP contribution is -2.47. The number of carbonyl (C=O) groups is 2. The van der Waals surface area contributed by atoms with Crippen LogP contribution in [0.1, 0.15) is 278 Å². The first-order valence-electron chi connectivity index (χ1n) is 31.9. The van der Waals surface area contributed by atoms with Crippen LogP contribution in [0, 0.1) is 0 Å². The van der Waals surface area contributed by atoms with E-state index in [0.29, 0.717) is 17.4 Å². The Kier molecular flexibility index (Phi) is 54.4. The fraction of sp³-hybridized carbons (Fsp3) is 0.761. The van der Waals surface area contributed by atoms with Crippen LogP contribution < -0.4 is 5.32 Å².